The first-order valence-electron chi connectivity index (χ1n) is 5.66. The highest BCUT2D eigenvalue weighted by Crippen LogP contribution is 2.14. The molecule has 0 radical (unpaired) electrons. The van der Waals surface area contributed by atoms with Gasteiger partial charge in [-0.05, 0) is 12.0 Å². The van der Waals surface area contributed by atoms with Crippen LogP contribution in [0.4, 0.5) is 0 Å². The molecule has 1 aromatic rings. The average molecular weight is 393 g/mol. The van der Waals surface area contributed by atoms with Crippen LogP contribution in [-0.2, 0) is 20.7 Å². The van der Waals surface area contributed by atoms with Gasteiger partial charge in [-0.15, -0.1) is 6.42 Å². The van der Waals surface area contributed by atoms with E-state index in [1.165, 1.54) is 0 Å². The van der Waals surface area contributed by atoms with E-state index in [4.69, 9.17) is 10.6 Å². The molecule has 4 nitrogen and oxygen atoms in total. The van der Waals surface area contributed by atoms with Crippen molar-refractivity contribution in [2.75, 3.05) is 19.4 Å². The van der Waals surface area contributed by atoms with Crippen molar-refractivity contribution >= 4 is 33.0 Å². The van der Waals surface area contributed by atoms with Crippen molar-refractivity contribution in [3.8, 4) is 12.3 Å². The molecule has 104 valence electrons. The number of rotatable bonds is 7. The van der Waals surface area contributed by atoms with Crippen LogP contribution >= 0.6 is 22.9 Å². The van der Waals surface area contributed by atoms with E-state index in [1.54, 1.807) is 0 Å². The molecular weight excluding hydrogens is 377 g/mol. The third-order valence-corrected chi connectivity index (χ3v) is 4.12. The number of terminal acetylenes is 1. The first-order chi connectivity index (χ1) is 8.92. The summed E-state index contributed by atoms with van der Waals surface area (Å²) in [6.07, 6.45) is 7.02. The van der Waals surface area contributed by atoms with Gasteiger partial charge < -0.3 is 0 Å². The van der Waals surface area contributed by atoms with Crippen molar-refractivity contribution in [3.05, 3.63) is 35.9 Å². The molecule has 0 spiro atoms. The fourth-order valence-corrected chi connectivity index (χ4v) is 2.50. The Morgan fingerprint density at radius 3 is 2.58 bits per heavy atom. The fraction of sp³-hybridized carbons (Fsp3) is 0.385. The molecule has 0 amide bonds. The molecule has 0 saturated carbocycles. The predicted octanol–water partition coefficient (Wildman–Crippen LogP) is 1.86. The van der Waals surface area contributed by atoms with E-state index in [2.05, 4.69) is 28.8 Å². The summed E-state index contributed by atoms with van der Waals surface area (Å²) >= 11 is 2.10. The molecule has 1 atom stereocenters. The fourth-order valence-electron chi connectivity index (χ4n) is 1.54. The molecule has 1 aromatic carbocycles. The zero-order valence-corrected chi connectivity index (χ0v) is 13.6. The SMILES string of the molecule is C#CCN(I)[C@H](COS(C)(=O)=O)Cc1ccccc1. The molecule has 0 heterocycles. The number of hydrogen-bond donors (Lipinski definition) is 0. The van der Waals surface area contributed by atoms with E-state index in [0.717, 1.165) is 11.8 Å². The molecular formula is C13H16INO3S. The summed E-state index contributed by atoms with van der Waals surface area (Å²) in [6.45, 7) is 0.531. The Morgan fingerprint density at radius 2 is 2.05 bits per heavy atom. The number of benzene rings is 1. The molecule has 0 saturated heterocycles. The molecule has 0 fully saturated rings. The van der Waals surface area contributed by atoms with Crippen LogP contribution in [-0.4, -0.2) is 37.0 Å². The van der Waals surface area contributed by atoms with Gasteiger partial charge in [-0.1, -0.05) is 36.3 Å². The zero-order valence-electron chi connectivity index (χ0n) is 10.6. The summed E-state index contributed by atoms with van der Waals surface area (Å²) in [6, 6.07) is 9.73. The van der Waals surface area contributed by atoms with E-state index >= 15 is 0 Å². The lowest BCUT2D eigenvalue weighted by Crippen LogP contribution is -2.34. The van der Waals surface area contributed by atoms with Crippen molar-refractivity contribution in [2.45, 2.75) is 12.5 Å². The lowest BCUT2D eigenvalue weighted by Gasteiger charge is -2.23. The first-order valence-corrected chi connectivity index (χ1v) is 8.44. The largest absolute Gasteiger partial charge is 0.269 e. The topological polar surface area (TPSA) is 46.6 Å². The molecule has 0 N–H and O–H groups in total. The Bertz CT molecular complexity index is 525. The molecule has 1 rings (SSSR count). The summed E-state index contributed by atoms with van der Waals surface area (Å²) in [5.41, 5.74) is 1.11. The van der Waals surface area contributed by atoms with Crippen molar-refractivity contribution < 1.29 is 12.6 Å². The first kappa shape index (κ1) is 16.4. The van der Waals surface area contributed by atoms with E-state index in [1.807, 2.05) is 33.4 Å². The molecule has 0 aliphatic rings. The second-order valence-corrected chi connectivity index (χ2v) is 6.98. The summed E-state index contributed by atoms with van der Waals surface area (Å²) in [4.78, 5) is 0. The van der Waals surface area contributed by atoms with E-state index in [9.17, 15) is 8.42 Å². The summed E-state index contributed by atoms with van der Waals surface area (Å²) in [5, 5.41) is 0. The van der Waals surface area contributed by atoms with Gasteiger partial charge in [0.1, 0.15) is 0 Å². The van der Waals surface area contributed by atoms with Crippen LogP contribution in [0.25, 0.3) is 0 Å². The number of halogens is 1. The maximum absolute atomic E-state index is 11.1. The Balaban J connectivity index is 2.72. The average Bonchev–Trinajstić information content (AvgIpc) is 2.35. The maximum atomic E-state index is 11.1. The molecule has 0 aliphatic carbocycles. The van der Waals surface area contributed by atoms with Crippen LogP contribution in [0.2, 0.25) is 0 Å². The molecule has 6 heteroatoms. The third-order valence-electron chi connectivity index (χ3n) is 2.43. The molecule has 0 bridgehead atoms. The summed E-state index contributed by atoms with van der Waals surface area (Å²) < 4.78 is 28.9. The highest BCUT2D eigenvalue weighted by molar-refractivity contribution is 14.1. The van der Waals surface area contributed by atoms with Crippen LogP contribution in [0.1, 0.15) is 5.56 Å². The highest BCUT2D eigenvalue weighted by atomic mass is 127. The smallest absolute Gasteiger partial charge is 0.264 e. The molecule has 0 unspecified atom stereocenters. The van der Waals surface area contributed by atoms with Crippen molar-refractivity contribution in [2.24, 2.45) is 0 Å². The van der Waals surface area contributed by atoms with E-state index in [0.29, 0.717) is 13.0 Å². The second-order valence-electron chi connectivity index (χ2n) is 4.09. The van der Waals surface area contributed by atoms with Gasteiger partial charge in [-0.25, -0.2) is 3.11 Å². The Labute approximate surface area is 128 Å². The van der Waals surface area contributed by atoms with Crippen LogP contribution < -0.4 is 0 Å². The van der Waals surface area contributed by atoms with Gasteiger partial charge in [0.15, 0.2) is 0 Å². The van der Waals surface area contributed by atoms with Crippen LogP contribution in [0.15, 0.2) is 30.3 Å². The highest BCUT2D eigenvalue weighted by Gasteiger charge is 2.18. The van der Waals surface area contributed by atoms with Crippen LogP contribution in [0.3, 0.4) is 0 Å². The minimum absolute atomic E-state index is 0.0891. The third kappa shape index (κ3) is 6.92. The molecule has 0 aliphatic heterocycles. The number of hydrogen-bond acceptors (Lipinski definition) is 4. The van der Waals surface area contributed by atoms with Gasteiger partial charge in [0.25, 0.3) is 10.1 Å². The standard InChI is InChI=1S/C13H16INO3S/c1-3-9-15(14)13(11-18-19(2,16)17)10-12-7-5-4-6-8-12/h1,4-8,13H,9-11H2,2H3/t13-/m0/s1. The van der Waals surface area contributed by atoms with E-state index < -0.39 is 10.1 Å². The van der Waals surface area contributed by atoms with Crippen molar-refractivity contribution in [1.29, 1.82) is 0 Å². The lowest BCUT2D eigenvalue weighted by atomic mass is 10.1. The minimum atomic E-state index is -3.44. The Morgan fingerprint density at radius 1 is 1.42 bits per heavy atom. The van der Waals surface area contributed by atoms with Crippen LogP contribution in [0, 0.1) is 12.3 Å². The Kier molecular flexibility index (Phi) is 6.79. The molecule has 19 heavy (non-hydrogen) atoms. The van der Waals surface area contributed by atoms with E-state index in [-0.39, 0.29) is 12.6 Å². The number of nitrogens with zero attached hydrogens (tertiary/aromatic N) is 1. The van der Waals surface area contributed by atoms with Gasteiger partial charge in [-0.3, -0.25) is 4.18 Å². The van der Waals surface area contributed by atoms with Gasteiger partial charge >= 0.3 is 0 Å². The lowest BCUT2D eigenvalue weighted by molar-refractivity contribution is 0.238. The van der Waals surface area contributed by atoms with Gasteiger partial charge in [0, 0.05) is 28.9 Å². The van der Waals surface area contributed by atoms with Crippen LogP contribution in [0.5, 0.6) is 0 Å². The predicted molar refractivity (Wildman–Crippen MR) is 84.3 cm³/mol. The zero-order chi connectivity index (χ0) is 14.3. The van der Waals surface area contributed by atoms with Gasteiger partial charge in [-0.2, -0.15) is 8.42 Å². The summed E-state index contributed by atoms with van der Waals surface area (Å²) in [5.74, 6) is 2.54. The quantitative estimate of drug-likeness (QED) is 0.307. The maximum Gasteiger partial charge on any atom is 0.264 e. The van der Waals surface area contributed by atoms with Crippen molar-refractivity contribution in [3.63, 3.8) is 0 Å². The molecule has 0 aromatic heterocycles. The van der Waals surface area contributed by atoms with Gasteiger partial charge in [0.2, 0.25) is 0 Å². The minimum Gasteiger partial charge on any atom is -0.269 e. The second kappa shape index (κ2) is 7.85. The normalized spacial score (nSPS) is 13.2. The van der Waals surface area contributed by atoms with Crippen molar-refractivity contribution in [1.82, 2.24) is 3.11 Å². The van der Waals surface area contributed by atoms with Gasteiger partial charge in [0.05, 0.1) is 19.4 Å². The Hall–Kier alpha value is -0.620. The summed E-state index contributed by atoms with van der Waals surface area (Å²) in [7, 11) is -3.44. The monoisotopic (exact) mass is 393 g/mol.